The van der Waals surface area contributed by atoms with Crippen LogP contribution in [0.3, 0.4) is 0 Å². The van der Waals surface area contributed by atoms with Crippen LogP contribution in [0.2, 0.25) is 0 Å². The first kappa shape index (κ1) is 23.5. The summed E-state index contributed by atoms with van der Waals surface area (Å²) in [6.07, 6.45) is 9.85. The molecule has 0 fully saturated rings. The van der Waals surface area contributed by atoms with Gasteiger partial charge >= 0.3 is 0 Å². The number of aromatic amines is 2. The van der Waals surface area contributed by atoms with Crippen LogP contribution < -0.4 is 5.32 Å². The summed E-state index contributed by atoms with van der Waals surface area (Å²) >= 11 is 0. The minimum Gasteiger partial charge on any atom is -0.355 e. The Morgan fingerprint density at radius 2 is 1.27 bits per heavy atom. The molecule has 1 aromatic carbocycles. The average Bonchev–Trinajstić information content (AvgIpc) is 3.74. The summed E-state index contributed by atoms with van der Waals surface area (Å²) in [5.41, 5.74) is 11.7. The summed E-state index contributed by atoms with van der Waals surface area (Å²) in [7, 11) is 0. The maximum Gasteiger partial charge on any atom is 0.221 e. The van der Waals surface area contributed by atoms with E-state index in [9.17, 15) is 4.79 Å². The number of pyridine rings is 1. The Balaban J connectivity index is 1.57. The molecule has 2 aliphatic heterocycles. The molecule has 0 spiro atoms. The van der Waals surface area contributed by atoms with Crippen LogP contribution in [0.15, 0.2) is 85.1 Å². The Morgan fingerprint density at radius 1 is 0.675 bits per heavy atom. The number of nitrogens with one attached hydrogen (secondary N) is 3. The van der Waals surface area contributed by atoms with Crippen LogP contribution in [0.1, 0.15) is 29.7 Å². The topological polar surface area (TPSA) is 99.3 Å². The monoisotopic (exact) mass is 520 g/mol. The quantitative estimate of drug-likeness (QED) is 0.227. The fraction of sp³-hybridized carbons (Fsp3) is 0.0303. The van der Waals surface area contributed by atoms with Crippen molar-refractivity contribution in [3.63, 3.8) is 0 Å². The van der Waals surface area contributed by atoms with Gasteiger partial charge in [-0.05, 0) is 90.5 Å². The average molecular weight is 521 g/mol. The number of hydrogen-bond acceptors (Lipinski definition) is 4. The normalized spacial score (nSPS) is 12.0. The molecule has 7 heteroatoms. The lowest BCUT2D eigenvalue weighted by atomic mass is 9.98. The van der Waals surface area contributed by atoms with Crippen molar-refractivity contribution in [2.45, 2.75) is 6.92 Å². The number of nitrogens with zero attached hydrogens (tertiary/aromatic N) is 3. The third-order valence-electron chi connectivity index (χ3n) is 6.76. The molecule has 0 aliphatic carbocycles. The molecule has 7 rings (SSSR count). The van der Waals surface area contributed by atoms with E-state index < -0.39 is 0 Å². The van der Waals surface area contributed by atoms with Gasteiger partial charge in [0.25, 0.3) is 0 Å². The number of anilines is 1. The molecule has 192 valence electrons. The minimum absolute atomic E-state index is 0.109. The molecule has 5 aromatic rings. The number of carbonyl (C=O) groups excluding carboxylic acids is 1. The minimum atomic E-state index is -0.109. The molecule has 40 heavy (non-hydrogen) atoms. The highest BCUT2D eigenvalue weighted by molar-refractivity contribution is 6.03. The molecule has 0 saturated heterocycles. The molecule has 8 bridgehead atoms. The van der Waals surface area contributed by atoms with Crippen LogP contribution in [0.25, 0.3) is 68.8 Å². The Kier molecular flexibility index (Phi) is 5.67. The summed E-state index contributed by atoms with van der Waals surface area (Å²) in [6, 6.07) is 26.0. The van der Waals surface area contributed by atoms with Crippen molar-refractivity contribution in [3.05, 3.63) is 108 Å². The summed E-state index contributed by atoms with van der Waals surface area (Å²) in [5.74, 6) is -0.109. The van der Waals surface area contributed by atoms with Gasteiger partial charge in [-0.25, -0.2) is 9.97 Å². The Hall–Kier alpha value is -5.56. The van der Waals surface area contributed by atoms with E-state index in [2.05, 4.69) is 27.4 Å². The first-order valence-electron chi connectivity index (χ1n) is 13.0. The number of hydrogen-bond donors (Lipinski definition) is 3. The molecule has 4 aromatic heterocycles. The zero-order valence-corrected chi connectivity index (χ0v) is 21.6. The molecular weight excluding hydrogens is 496 g/mol. The van der Waals surface area contributed by atoms with Crippen molar-refractivity contribution in [1.29, 1.82) is 0 Å². The van der Waals surface area contributed by atoms with E-state index in [0.717, 1.165) is 72.9 Å². The smallest absolute Gasteiger partial charge is 0.221 e. The van der Waals surface area contributed by atoms with Crippen LogP contribution in [0.5, 0.6) is 0 Å². The van der Waals surface area contributed by atoms with Gasteiger partial charge in [0, 0.05) is 46.5 Å². The lowest BCUT2D eigenvalue weighted by Gasteiger charge is -2.08. The zero-order chi connectivity index (χ0) is 27.1. The van der Waals surface area contributed by atoms with E-state index in [-0.39, 0.29) is 5.91 Å². The van der Waals surface area contributed by atoms with Gasteiger partial charge in [0.1, 0.15) is 0 Å². The van der Waals surface area contributed by atoms with Crippen molar-refractivity contribution in [1.82, 2.24) is 24.9 Å². The number of benzene rings is 1. The number of rotatable bonds is 3. The van der Waals surface area contributed by atoms with E-state index >= 15 is 0 Å². The highest BCUT2D eigenvalue weighted by Crippen LogP contribution is 2.39. The highest BCUT2D eigenvalue weighted by atomic mass is 16.1. The van der Waals surface area contributed by atoms with E-state index in [1.165, 1.54) is 6.92 Å². The summed E-state index contributed by atoms with van der Waals surface area (Å²) in [4.78, 5) is 33.1. The van der Waals surface area contributed by atoms with Crippen LogP contribution in [-0.2, 0) is 4.79 Å². The Bertz CT molecular complexity index is 2000. The zero-order valence-electron chi connectivity index (χ0n) is 21.6. The maximum absolute atomic E-state index is 11.6. The van der Waals surface area contributed by atoms with E-state index in [4.69, 9.17) is 15.0 Å². The third-order valence-corrected chi connectivity index (χ3v) is 6.76. The van der Waals surface area contributed by atoms with Crippen molar-refractivity contribution in [2.24, 2.45) is 0 Å². The molecule has 0 radical (unpaired) electrons. The fourth-order valence-electron chi connectivity index (χ4n) is 5.08. The predicted molar refractivity (Wildman–Crippen MR) is 162 cm³/mol. The van der Waals surface area contributed by atoms with Crippen molar-refractivity contribution in [2.75, 3.05) is 5.32 Å². The van der Waals surface area contributed by atoms with Crippen LogP contribution in [0.4, 0.5) is 5.69 Å². The Labute approximate surface area is 230 Å². The van der Waals surface area contributed by atoms with Gasteiger partial charge < -0.3 is 15.3 Å². The van der Waals surface area contributed by atoms with Gasteiger partial charge in [-0.3, -0.25) is 9.78 Å². The van der Waals surface area contributed by atoms with E-state index in [0.29, 0.717) is 0 Å². The second kappa shape index (κ2) is 9.63. The molecular formula is C33H24N6O. The molecule has 7 nitrogen and oxygen atoms in total. The molecule has 2 aliphatic rings. The maximum atomic E-state index is 11.6. The summed E-state index contributed by atoms with van der Waals surface area (Å²) in [6.45, 7) is 1.50. The molecule has 0 unspecified atom stereocenters. The van der Waals surface area contributed by atoms with E-state index in [1.54, 1.807) is 6.20 Å². The molecule has 6 heterocycles. The van der Waals surface area contributed by atoms with Gasteiger partial charge in [0.05, 0.1) is 34.0 Å². The number of amides is 1. The third kappa shape index (κ3) is 4.61. The van der Waals surface area contributed by atoms with Crippen molar-refractivity contribution in [3.8, 4) is 22.4 Å². The first-order chi connectivity index (χ1) is 19.6. The number of fused-ring (bicyclic) bond motifs is 8. The van der Waals surface area contributed by atoms with Crippen molar-refractivity contribution >= 4 is 58.0 Å². The Morgan fingerprint density at radius 3 is 1.85 bits per heavy atom. The van der Waals surface area contributed by atoms with Gasteiger partial charge in [0.2, 0.25) is 5.91 Å². The lowest BCUT2D eigenvalue weighted by molar-refractivity contribution is -0.114. The molecule has 0 atom stereocenters. The first-order valence-corrected chi connectivity index (χ1v) is 13.0. The SMILES string of the molecule is CC(=O)Nc1ccc(-c2c(-c3ccccn3)c3cc4nc(cc5ccc(cc6nc(cc2[nH]3)C=C6)[nH]5)C=C4)cc1. The van der Waals surface area contributed by atoms with Crippen LogP contribution in [-0.4, -0.2) is 30.8 Å². The van der Waals surface area contributed by atoms with Gasteiger partial charge in [0.15, 0.2) is 0 Å². The van der Waals surface area contributed by atoms with Crippen LogP contribution in [0, 0.1) is 0 Å². The number of carbonyl (C=O) groups is 1. The second-order valence-corrected chi connectivity index (χ2v) is 9.71. The van der Waals surface area contributed by atoms with Crippen LogP contribution >= 0.6 is 0 Å². The standard InChI is InChI=1S/C33H24N6O/c1-20(40)35-22-7-5-21(6-8-22)32-30-18-27-13-11-25(37-27)16-23-9-10-24(36-23)17-26-12-14-28(38-26)19-31(39-30)33(32)29-4-2-3-15-34-29/h2-19,36,39H,1H3,(H,35,40). The predicted octanol–water partition coefficient (Wildman–Crippen LogP) is 7.34. The second-order valence-electron chi connectivity index (χ2n) is 9.71. The number of aromatic nitrogens is 5. The van der Waals surface area contributed by atoms with Gasteiger partial charge in [-0.2, -0.15) is 0 Å². The highest BCUT2D eigenvalue weighted by Gasteiger charge is 2.17. The lowest BCUT2D eigenvalue weighted by Crippen LogP contribution is -2.05. The summed E-state index contributed by atoms with van der Waals surface area (Å²) in [5, 5.41) is 2.85. The number of H-pyrrole nitrogens is 2. The molecule has 1 amide bonds. The molecule has 3 N–H and O–H groups in total. The summed E-state index contributed by atoms with van der Waals surface area (Å²) < 4.78 is 0. The molecule has 0 saturated carbocycles. The largest absolute Gasteiger partial charge is 0.355 e. The van der Waals surface area contributed by atoms with E-state index in [1.807, 2.05) is 91.0 Å². The fourth-order valence-corrected chi connectivity index (χ4v) is 5.08. The van der Waals surface area contributed by atoms with Gasteiger partial charge in [-0.1, -0.05) is 18.2 Å². The van der Waals surface area contributed by atoms with Crippen molar-refractivity contribution < 1.29 is 4.79 Å². The van der Waals surface area contributed by atoms with Gasteiger partial charge in [-0.15, -0.1) is 0 Å².